The van der Waals surface area contributed by atoms with Gasteiger partial charge in [-0.25, -0.2) is 9.79 Å². The number of fused-ring (bicyclic) bond motifs is 1. The van der Waals surface area contributed by atoms with E-state index in [1.54, 1.807) is 50.3 Å². The van der Waals surface area contributed by atoms with Gasteiger partial charge in [-0.3, -0.25) is 9.36 Å². The number of aromatic hydroxyl groups is 1. The Hall–Kier alpha value is -2.89. The molecule has 1 aliphatic heterocycles. The molecule has 1 N–H and O–H groups in total. The summed E-state index contributed by atoms with van der Waals surface area (Å²) in [5.41, 5.74) is 1.42. The lowest BCUT2D eigenvalue weighted by Crippen LogP contribution is -2.40. The van der Waals surface area contributed by atoms with Gasteiger partial charge in [0, 0.05) is 14.5 Å². The fourth-order valence-corrected chi connectivity index (χ4v) is 6.01. The first kappa shape index (κ1) is 27.2. The van der Waals surface area contributed by atoms with Crippen molar-refractivity contribution in [3.63, 3.8) is 0 Å². The Morgan fingerprint density at radius 1 is 1.19 bits per heavy atom. The lowest BCUT2D eigenvalue weighted by molar-refractivity contribution is -0.139. The topological polar surface area (TPSA) is 99.4 Å². The van der Waals surface area contributed by atoms with E-state index in [2.05, 4.69) is 36.9 Å². The Bertz CT molecular complexity index is 1590. The molecule has 8 nitrogen and oxygen atoms in total. The third kappa shape index (κ3) is 5.25. The van der Waals surface area contributed by atoms with Crippen molar-refractivity contribution in [1.29, 1.82) is 0 Å². The average molecular weight is 652 g/mol. The number of rotatable bonds is 7. The van der Waals surface area contributed by atoms with Crippen LogP contribution in [-0.2, 0) is 9.53 Å². The van der Waals surface area contributed by atoms with Crippen molar-refractivity contribution in [3.05, 3.63) is 81.4 Å². The third-order valence-electron chi connectivity index (χ3n) is 5.67. The monoisotopic (exact) mass is 650 g/mol. The Morgan fingerprint density at radius 3 is 2.62 bits per heavy atom. The number of ether oxygens (including phenoxy) is 3. The van der Waals surface area contributed by atoms with Crippen LogP contribution >= 0.6 is 43.2 Å². The number of allylic oxidation sites excluding steroid dienone is 1. The zero-order valence-electron chi connectivity index (χ0n) is 20.5. The van der Waals surface area contributed by atoms with Crippen molar-refractivity contribution in [2.75, 3.05) is 20.3 Å². The summed E-state index contributed by atoms with van der Waals surface area (Å²) >= 11 is 8.17. The number of halogens is 2. The SMILES string of the molecule is CCOC(=O)C1=C(C)N=c2s/c(=C/c3cc(Br)ccc3O)c(=O)n2[C@@H]1c1cc(OC)c(OCC)cc1Br. The summed E-state index contributed by atoms with van der Waals surface area (Å²) < 4.78 is 19.8. The Morgan fingerprint density at radius 2 is 1.95 bits per heavy atom. The molecule has 2 aromatic carbocycles. The molecule has 0 radical (unpaired) electrons. The standard InChI is InChI=1S/C26H24Br2N2O6S/c1-5-35-20-12-17(28)16(11-19(20)34-4)23-22(25(33)36-6-2)13(3)29-26-30(23)24(32)21(37-26)10-14-9-15(27)7-8-18(14)31/h7-12,23,31H,5-6H2,1-4H3/b21-10+/t23-/m1/s1. The maximum absolute atomic E-state index is 13.8. The maximum Gasteiger partial charge on any atom is 0.338 e. The Balaban J connectivity index is 2.02. The van der Waals surface area contributed by atoms with Crippen LogP contribution in [0.5, 0.6) is 17.2 Å². The normalized spacial score (nSPS) is 15.3. The average Bonchev–Trinajstić information content (AvgIpc) is 3.15. The number of benzene rings is 2. The first-order valence-corrected chi connectivity index (χ1v) is 13.8. The van der Waals surface area contributed by atoms with Crippen LogP contribution in [0.25, 0.3) is 6.08 Å². The van der Waals surface area contributed by atoms with E-state index in [9.17, 15) is 14.7 Å². The van der Waals surface area contributed by atoms with E-state index in [0.29, 0.717) is 48.7 Å². The van der Waals surface area contributed by atoms with Crippen molar-refractivity contribution >= 4 is 55.2 Å². The predicted octanol–water partition coefficient (Wildman–Crippen LogP) is 4.44. The highest BCUT2D eigenvalue weighted by Gasteiger charge is 2.35. The van der Waals surface area contributed by atoms with Crippen LogP contribution in [0.4, 0.5) is 0 Å². The number of nitrogens with zero attached hydrogens (tertiary/aromatic N) is 2. The summed E-state index contributed by atoms with van der Waals surface area (Å²) in [6.07, 6.45) is 1.61. The molecule has 2 heterocycles. The molecule has 0 unspecified atom stereocenters. The van der Waals surface area contributed by atoms with Gasteiger partial charge in [0.15, 0.2) is 16.3 Å². The Kier molecular flexibility index (Phi) is 8.25. The van der Waals surface area contributed by atoms with Gasteiger partial charge in [-0.2, -0.15) is 0 Å². The molecule has 11 heteroatoms. The van der Waals surface area contributed by atoms with Gasteiger partial charge in [-0.15, -0.1) is 0 Å². The zero-order valence-corrected chi connectivity index (χ0v) is 24.5. The van der Waals surface area contributed by atoms with E-state index in [0.717, 1.165) is 4.47 Å². The first-order chi connectivity index (χ1) is 17.7. The van der Waals surface area contributed by atoms with E-state index < -0.39 is 12.0 Å². The molecule has 1 atom stereocenters. The quantitative estimate of drug-likeness (QED) is 0.380. The van der Waals surface area contributed by atoms with E-state index in [1.807, 2.05) is 6.92 Å². The summed E-state index contributed by atoms with van der Waals surface area (Å²) in [6, 6.07) is 7.63. The van der Waals surface area contributed by atoms with Crippen LogP contribution in [0, 0.1) is 0 Å². The van der Waals surface area contributed by atoms with Gasteiger partial charge in [0.25, 0.3) is 5.56 Å². The van der Waals surface area contributed by atoms with Gasteiger partial charge >= 0.3 is 5.97 Å². The molecule has 0 bridgehead atoms. The molecule has 4 rings (SSSR count). The van der Waals surface area contributed by atoms with Gasteiger partial charge in [0.2, 0.25) is 0 Å². The van der Waals surface area contributed by atoms with Crippen molar-refractivity contribution in [3.8, 4) is 17.2 Å². The number of phenolic OH excluding ortho intramolecular Hbond substituents is 1. The fourth-order valence-electron chi connectivity index (χ4n) is 4.06. The van der Waals surface area contributed by atoms with E-state index in [1.165, 1.54) is 23.0 Å². The second-order valence-electron chi connectivity index (χ2n) is 7.96. The number of aromatic nitrogens is 1. The molecule has 37 heavy (non-hydrogen) atoms. The van der Waals surface area contributed by atoms with Crippen LogP contribution in [0.15, 0.2) is 60.3 Å². The van der Waals surface area contributed by atoms with Gasteiger partial charge in [0.1, 0.15) is 5.75 Å². The number of hydrogen-bond acceptors (Lipinski definition) is 8. The van der Waals surface area contributed by atoms with Gasteiger partial charge < -0.3 is 19.3 Å². The highest BCUT2D eigenvalue weighted by molar-refractivity contribution is 9.10. The van der Waals surface area contributed by atoms with E-state index >= 15 is 0 Å². The minimum Gasteiger partial charge on any atom is -0.507 e. The van der Waals surface area contributed by atoms with E-state index in [4.69, 9.17) is 14.2 Å². The van der Waals surface area contributed by atoms with Crippen molar-refractivity contribution in [2.24, 2.45) is 4.99 Å². The molecule has 0 spiro atoms. The van der Waals surface area contributed by atoms with Crippen LogP contribution in [-0.4, -0.2) is 36.0 Å². The fraction of sp³-hybridized carbons (Fsp3) is 0.269. The minimum atomic E-state index is -0.840. The summed E-state index contributed by atoms with van der Waals surface area (Å²) in [6.45, 7) is 5.91. The first-order valence-electron chi connectivity index (χ1n) is 11.4. The number of phenols is 1. The highest BCUT2D eigenvalue weighted by Crippen LogP contribution is 2.41. The number of esters is 1. The molecule has 194 valence electrons. The van der Waals surface area contributed by atoms with Gasteiger partial charge in [-0.05, 0) is 62.7 Å². The van der Waals surface area contributed by atoms with Crippen LogP contribution < -0.4 is 24.4 Å². The second-order valence-corrected chi connectivity index (χ2v) is 10.7. The summed E-state index contributed by atoms with van der Waals surface area (Å²) in [5.74, 6) is 0.455. The molecular weight excluding hydrogens is 628 g/mol. The number of carbonyl (C=O) groups is 1. The van der Waals surface area contributed by atoms with Crippen molar-refractivity contribution in [1.82, 2.24) is 4.57 Å². The van der Waals surface area contributed by atoms with Crippen molar-refractivity contribution in [2.45, 2.75) is 26.8 Å². The summed E-state index contributed by atoms with van der Waals surface area (Å²) in [4.78, 5) is 32.0. The molecule has 0 saturated heterocycles. The lowest BCUT2D eigenvalue weighted by Gasteiger charge is -2.26. The lowest BCUT2D eigenvalue weighted by atomic mass is 9.95. The van der Waals surface area contributed by atoms with E-state index in [-0.39, 0.29) is 23.5 Å². The highest BCUT2D eigenvalue weighted by atomic mass is 79.9. The smallest absolute Gasteiger partial charge is 0.338 e. The maximum atomic E-state index is 13.8. The third-order valence-corrected chi connectivity index (χ3v) is 7.83. The largest absolute Gasteiger partial charge is 0.507 e. The minimum absolute atomic E-state index is 0.0352. The zero-order chi connectivity index (χ0) is 26.9. The van der Waals surface area contributed by atoms with Crippen LogP contribution in [0.2, 0.25) is 0 Å². The molecule has 0 saturated carbocycles. The predicted molar refractivity (Wildman–Crippen MR) is 148 cm³/mol. The summed E-state index contributed by atoms with van der Waals surface area (Å²) in [5, 5.41) is 10.3. The molecule has 0 fully saturated rings. The van der Waals surface area contributed by atoms with Gasteiger partial charge in [0.05, 0.1) is 42.2 Å². The Labute approximate surface area is 233 Å². The number of carbonyl (C=O) groups excluding carboxylic acids is 1. The number of thiazole rings is 1. The van der Waals surface area contributed by atoms with Crippen molar-refractivity contribution < 1.29 is 24.1 Å². The molecule has 1 aromatic heterocycles. The van der Waals surface area contributed by atoms with Gasteiger partial charge in [-0.1, -0.05) is 43.2 Å². The molecule has 0 amide bonds. The van der Waals surface area contributed by atoms with Crippen LogP contribution in [0.3, 0.4) is 0 Å². The number of hydrogen-bond donors (Lipinski definition) is 1. The molecule has 3 aromatic rings. The van der Waals surface area contributed by atoms with Crippen LogP contribution in [0.1, 0.15) is 37.9 Å². The molecular formula is C26H24Br2N2O6S. The second kappa shape index (κ2) is 11.2. The number of methoxy groups -OCH3 is 1. The summed E-state index contributed by atoms with van der Waals surface area (Å²) in [7, 11) is 1.53. The molecule has 1 aliphatic rings. The molecule has 0 aliphatic carbocycles.